The highest BCUT2D eigenvalue weighted by atomic mass is 35.5. The van der Waals surface area contributed by atoms with Gasteiger partial charge in [-0.15, -0.1) is 24.8 Å². The van der Waals surface area contributed by atoms with Crippen molar-refractivity contribution >= 4 is 42.8 Å². The molecule has 0 atom stereocenters. The third-order valence-corrected chi connectivity index (χ3v) is 9.27. The Labute approximate surface area is 313 Å². The number of ether oxygens (including phenoxy) is 3. The number of aryl methyl sites for hydroxylation is 2. The molecule has 12 nitrogen and oxygen atoms in total. The molecule has 6 rings (SSSR count). The molecule has 0 unspecified atom stereocenters. The fourth-order valence-corrected chi connectivity index (χ4v) is 5.91. The Morgan fingerprint density at radius 2 is 1.12 bits per heavy atom. The van der Waals surface area contributed by atoms with E-state index in [1.54, 1.807) is 4.90 Å². The first kappa shape index (κ1) is 42.1. The van der Waals surface area contributed by atoms with Gasteiger partial charge in [-0.05, 0) is 57.9 Å². The van der Waals surface area contributed by atoms with Crippen molar-refractivity contribution in [1.29, 1.82) is 0 Å². The second kappa shape index (κ2) is 17.5. The Bertz CT molecular complexity index is 1510. The zero-order valence-electron chi connectivity index (χ0n) is 30.4. The molecule has 284 valence electrons. The number of carbonyl (C=O) groups is 3. The predicted octanol–water partition coefficient (Wildman–Crippen LogP) is 5.28. The van der Waals surface area contributed by atoms with Crippen LogP contribution < -0.4 is 14.8 Å². The van der Waals surface area contributed by atoms with Crippen LogP contribution >= 0.6 is 24.8 Å². The first-order valence-corrected chi connectivity index (χ1v) is 17.3. The molecule has 0 bridgehead atoms. The van der Waals surface area contributed by atoms with Crippen LogP contribution in [0.3, 0.4) is 0 Å². The van der Waals surface area contributed by atoms with E-state index in [1.165, 1.54) is 0 Å². The van der Waals surface area contributed by atoms with Crippen molar-refractivity contribution in [2.24, 2.45) is 0 Å². The van der Waals surface area contributed by atoms with Crippen LogP contribution in [0.2, 0.25) is 0 Å². The normalized spacial score (nSPS) is 19.2. The molecule has 0 aromatic heterocycles. The van der Waals surface area contributed by atoms with Crippen molar-refractivity contribution in [2.75, 3.05) is 52.4 Å². The maximum absolute atomic E-state index is 12.2. The number of carbonyl (C=O) groups excluding carboxylic acids is 1. The fraction of sp³-hybridized carbons (Fsp3) is 0.595. The maximum atomic E-state index is 12.2. The monoisotopic (exact) mass is 752 g/mol. The number of hydrogen-bond acceptors (Lipinski definition) is 9. The molecule has 0 spiro atoms. The van der Waals surface area contributed by atoms with Gasteiger partial charge in [-0.1, -0.05) is 24.3 Å². The summed E-state index contributed by atoms with van der Waals surface area (Å²) in [5.74, 6) is -0.369. The van der Waals surface area contributed by atoms with Crippen LogP contribution in [0, 0.1) is 13.8 Å². The number of carboxylic acid groups (broad SMARTS) is 2. The van der Waals surface area contributed by atoms with E-state index in [0.29, 0.717) is 51.1 Å². The number of rotatable bonds is 10. The van der Waals surface area contributed by atoms with E-state index >= 15 is 0 Å². The van der Waals surface area contributed by atoms with Crippen molar-refractivity contribution in [3.63, 3.8) is 0 Å². The Morgan fingerprint density at radius 1 is 0.706 bits per heavy atom. The van der Waals surface area contributed by atoms with Gasteiger partial charge in [0.1, 0.15) is 17.1 Å². The quantitative estimate of drug-likeness (QED) is 0.292. The van der Waals surface area contributed by atoms with Crippen molar-refractivity contribution in [3.8, 4) is 11.5 Å². The summed E-state index contributed by atoms with van der Waals surface area (Å²) in [6.45, 7) is 17.7. The molecular formula is C37H54Cl2N4O8. The molecule has 51 heavy (non-hydrogen) atoms. The van der Waals surface area contributed by atoms with Crippen molar-refractivity contribution < 1.29 is 38.8 Å². The molecule has 4 fully saturated rings. The van der Waals surface area contributed by atoms with E-state index in [9.17, 15) is 24.6 Å². The number of hydrogen-bond donors (Lipinski definition) is 3. The minimum atomic E-state index is -1.06. The van der Waals surface area contributed by atoms with E-state index < -0.39 is 28.7 Å². The standard InChI is InChI=1S/C21H30N2O5.C16H22N2O3.2ClH/c1-15-5-6-16(17(13-15)27-21(7-8-21)18(24)25)14-22-9-11-23(12-10-22)19(26)28-20(2,3)4;1-12-2-3-13(11-18-8-6-17-7-9-18)14(10-12)21-16(4-5-16)15(19)20;;/h5-6,13H,7-12,14H2,1-4H3,(H,24,25);2-3,10,17H,4-9,11H2,1H3,(H,19,20);2*1H. The lowest BCUT2D eigenvalue weighted by molar-refractivity contribution is -0.148. The fourth-order valence-electron chi connectivity index (χ4n) is 5.91. The predicted molar refractivity (Wildman–Crippen MR) is 199 cm³/mol. The summed E-state index contributed by atoms with van der Waals surface area (Å²) in [5, 5.41) is 22.1. The summed E-state index contributed by atoms with van der Waals surface area (Å²) in [6, 6.07) is 12.0. The number of aliphatic carboxylic acids is 2. The highest BCUT2D eigenvalue weighted by molar-refractivity contribution is 5.85. The van der Waals surface area contributed by atoms with Gasteiger partial charge in [0, 0.05) is 102 Å². The molecule has 2 aliphatic heterocycles. The molecule has 0 radical (unpaired) electrons. The summed E-state index contributed by atoms with van der Waals surface area (Å²) >= 11 is 0. The van der Waals surface area contributed by atoms with Crippen LogP contribution in [-0.4, -0.2) is 112 Å². The minimum absolute atomic E-state index is 0. The molecule has 2 aromatic carbocycles. The van der Waals surface area contributed by atoms with Gasteiger partial charge in [-0.25, -0.2) is 14.4 Å². The first-order chi connectivity index (χ1) is 23.2. The Kier molecular flexibility index (Phi) is 14.4. The molecule has 2 aliphatic carbocycles. The van der Waals surface area contributed by atoms with E-state index in [-0.39, 0.29) is 30.9 Å². The number of benzene rings is 2. The molecule has 4 aliphatic rings. The summed E-state index contributed by atoms with van der Waals surface area (Å²) in [7, 11) is 0. The van der Waals surface area contributed by atoms with Crippen molar-refractivity contribution in [3.05, 3.63) is 58.7 Å². The van der Waals surface area contributed by atoms with E-state index in [1.807, 2.05) is 58.9 Å². The van der Waals surface area contributed by atoms with Crippen LogP contribution in [0.25, 0.3) is 0 Å². The number of carboxylic acids is 2. The van der Waals surface area contributed by atoms with Gasteiger partial charge in [0.15, 0.2) is 0 Å². The van der Waals surface area contributed by atoms with Gasteiger partial charge < -0.3 is 34.6 Å². The lowest BCUT2D eigenvalue weighted by Crippen LogP contribution is -2.49. The largest absolute Gasteiger partial charge is 0.478 e. The summed E-state index contributed by atoms with van der Waals surface area (Å²) in [5.41, 5.74) is 1.65. The molecule has 14 heteroatoms. The van der Waals surface area contributed by atoms with Crippen molar-refractivity contribution in [1.82, 2.24) is 20.0 Å². The van der Waals surface area contributed by atoms with Gasteiger partial charge in [-0.3, -0.25) is 9.80 Å². The van der Waals surface area contributed by atoms with Crippen LogP contribution in [0.5, 0.6) is 11.5 Å². The van der Waals surface area contributed by atoms with E-state index in [0.717, 1.165) is 73.8 Å². The molecule has 2 aromatic rings. The zero-order chi connectivity index (χ0) is 35.4. The summed E-state index contributed by atoms with van der Waals surface area (Å²) in [4.78, 5) is 41.4. The van der Waals surface area contributed by atoms with Crippen LogP contribution in [-0.2, 0) is 27.4 Å². The van der Waals surface area contributed by atoms with Gasteiger partial charge in [0.25, 0.3) is 0 Å². The SMILES string of the molecule is Cc1ccc(CN2CCN(C(=O)OC(C)(C)C)CC2)c(OC2(C(=O)O)CC2)c1.Cc1ccc(CN2CCNCC2)c(OC2(C(=O)O)CC2)c1.Cl.Cl. The van der Waals surface area contributed by atoms with Gasteiger partial charge in [0.2, 0.25) is 11.2 Å². The molecule has 2 saturated carbocycles. The Morgan fingerprint density at radius 3 is 1.49 bits per heavy atom. The number of halogens is 2. The number of amides is 1. The summed E-state index contributed by atoms with van der Waals surface area (Å²) in [6.07, 6.45) is 2.02. The van der Waals surface area contributed by atoms with Gasteiger partial charge in [-0.2, -0.15) is 0 Å². The third kappa shape index (κ3) is 11.6. The topological polar surface area (TPSA) is 141 Å². The molecule has 2 heterocycles. The number of piperazine rings is 2. The van der Waals surface area contributed by atoms with Gasteiger partial charge in [0.05, 0.1) is 0 Å². The second-order valence-electron chi connectivity index (χ2n) is 14.8. The van der Waals surface area contributed by atoms with Crippen molar-refractivity contribution in [2.45, 2.75) is 90.2 Å². The lowest BCUT2D eigenvalue weighted by Gasteiger charge is -2.35. The highest BCUT2D eigenvalue weighted by Crippen LogP contribution is 2.43. The number of nitrogens with one attached hydrogen (secondary N) is 1. The lowest BCUT2D eigenvalue weighted by atomic mass is 10.1. The first-order valence-electron chi connectivity index (χ1n) is 17.3. The molecule has 3 N–H and O–H groups in total. The summed E-state index contributed by atoms with van der Waals surface area (Å²) < 4.78 is 17.3. The van der Waals surface area contributed by atoms with Crippen LogP contribution in [0.1, 0.15) is 68.7 Å². The smallest absolute Gasteiger partial charge is 0.410 e. The second-order valence-corrected chi connectivity index (χ2v) is 14.8. The average molecular weight is 754 g/mol. The van der Waals surface area contributed by atoms with Gasteiger partial charge >= 0.3 is 18.0 Å². The Hall–Kier alpha value is -3.29. The van der Waals surface area contributed by atoms with Crippen LogP contribution in [0.4, 0.5) is 4.79 Å². The van der Waals surface area contributed by atoms with E-state index in [2.05, 4.69) is 27.2 Å². The molecule has 1 amide bonds. The van der Waals surface area contributed by atoms with E-state index in [4.69, 9.17) is 14.2 Å². The highest BCUT2D eigenvalue weighted by Gasteiger charge is 2.54. The average Bonchev–Trinajstić information content (AvgIpc) is 3.98. The van der Waals surface area contributed by atoms with Crippen LogP contribution in [0.15, 0.2) is 36.4 Å². The maximum Gasteiger partial charge on any atom is 0.410 e. The minimum Gasteiger partial charge on any atom is -0.478 e. The number of nitrogens with zero attached hydrogens (tertiary/aromatic N) is 3. The Balaban J connectivity index is 0.000000274. The zero-order valence-corrected chi connectivity index (χ0v) is 32.0. The molecule has 2 saturated heterocycles. The third-order valence-electron chi connectivity index (χ3n) is 9.27. The molecular weight excluding hydrogens is 699 g/mol.